The molecule has 0 saturated carbocycles. The van der Waals surface area contributed by atoms with Gasteiger partial charge in [-0.2, -0.15) is 0 Å². The predicted molar refractivity (Wildman–Crippen MR) is 108 cm³/mol. The fourth-order valence-corrected chi connectivity index (χ4v) is 3.42. The van der Waals surface area contributed by atoms with Crippen molar-refractivity contribution in [3.63, 3.8) is 0 Å². The number of aromatic nitrogens is 2. The van der Waals surface area contributed by atoms with Crippen molar-refractivity contribution in [1.29, 1.82) is 0 Å². The predicted octanol–water partition coefficient (Wildman–Crippen LogP) is 3.59. The first-order valence-corrected chi connectivity index (χ1v) is 9.28. The Hall–Kier alpha value is -3.15. The highest BCUT2D eigenvalue weighted by Gasteiger charge is 2.17. The highest BCUT2D eigenvalue weighted by atomic mass is 15.3. The van der Waals surface area contributed by atoms with E-state index in [9.17, 15) is 0 Å². The van der Waals surface area contributed by atoms with Crippen molar-refractivity contribution in [2.24, 2.45) is 24.3 Å². The minimum atomic E-state index is 0.816. The largest absolute Gasteiger partial charge is 0.421 e. The van der Waals surface area contributed by atoms with E-state index >= 15 is 0 Å². The lowest BCUT2D eigenvalue weighted by Gasteiger charge is -2.37. The zero-order chi connectivity index (χ0) is 18.6. The summed E-state index contributed by atoms with van der Waals surface area (Å²) in [6.07, 6.45) is 3.93. The number of benzene rings is 2. The molecule has 1 aliphatic rings. The molecule has 0 aliphatic carbocycles. The minimum Gasteiger partial charge on any atom is -0.368 e. The van der Waals surface area contributed by atoms with Crippen LogP contribution in [0, 0.1) is 0 Å². The van der Waals surface area contributed by atoms with Gasteiger partial charge in [0.25, 0.3) is 0 Å². The van der Waals surface area contributed by atoms with Gasteiger partial charge in [-0.1, -0.05) is 23.3 Å². The fourth-order valence-electron chi connectivity index (χ4n) is 3.42. The second kappa shape index (κ2) is 7.61. The Balaban J connectivity index is 1.38. The summed E-state index contributed by atoms with van der Waals surface area (Å²) in [4.78, 5) is 4.87. The first-order valence-electron chi connectivity index (χ1n) is 9.28. The number of piperazine rings is 1. The van der Waals surface area contributed by atoms with E-state index in [0.29, 0.717) is 0 Å². The van der Waals surface area contributed by atoms with Crippen LogP contribution in [0.1, 0.15) is 0 Å². The molecule has 0 bridgehead atoms. The summed E-state index contributed by atoms with van der Waals surface area (Å²) in [5.74, 6) is 0.816. The third-order valence-corrected chi connectivity index (χ3v) is 5.02. The Morgan fingerprint density at radius 2 is 1.37 bits per heavy atom. The van der Waals surface area contributed by atoms with Gasteiger partial charge in [0, 0.05) is 42.7 Å². The standard InChI is InChI=1S/C21H25N6/c1-24-12-13-25(2)21(24)23-22-18-8-10-20(11-9-18)27-16-14-26(15-17-27)19-6-4-3-5-7-19/h3-13H,14-17H2,1-2H3/q+1. The smallest absolute Gasteiger partial charge is 0.368 e. The zero-order valence-electron chi connectivity index (χ0n) is 15.9. The van der Waals surface area contributed by atoms with Crippen LogP contribution in [0.25, 0.3) is 0 Å². The van der Waals surface area contributed by atoms with Crippen LogP contribution in [-0.4, -0.2) is 30.7 Å². The number of hydrogen-bond donors (Lipinski definition) is 0. The zero-order valence-corrected chi connectivity index (χ0v) is 15.9. The van der Waals surface area contributed by atoms with E-state index < -0.39 is 0 Å². The summed E-state index contributed by atoms with van der Waals surface area (Å²) >= 11 is 0. The molecular formula is C21H25N6+. The molecule has 6 nitrogen and oxygen atoms in total. The van der Waals surface area contributed by atoms with Gasteiger partial charge in [-0.3, -0.25) is 0 Å². The van der Waals surface area contributed by atoms with E-state index in [0.717, 1.165) is 37.8 Å². The Kier molecular flexibility index (Phi) is 4.87. The molecule has 0 amide bonds. The van der Waals surface area contributed by atoms with Gasteiger partial charge < -0.3 is 9.80 Å². The molecule has 4 rings (SSSR count). The van der Waals surface area contributed by atoms with Gasteiger partial charge in [0.15, 0.2) is 0 Å². The van der Waals surface area contributed by atoms with E-state index in [-0.39, 0.29) is 0 Å². The average molecular weight is 361 g/mol. The maximum absolute atomic E-state index is 4.36. The number of rotatable bonds is 4. The number of para-hydroxylation sites is 1. The van der Waals surface area contributed by atoms with Crippen molar-refractivity contribution in [2.45, 2.75) is 0 Å². The van der Waals surface area contributed by atoms with E-state index in [2.05, 4.69) is 62.5 Å². The highest BCUT2D eigenvalue weighted by Crippen LogP contribution is 2.23. The van der Waals surface area contributed by atoms with Gasteiger partial charge in [-0.05, 0) is 36.4 Å². The van der Waals surface area contributed by atoms with Crippen molar-refractivity contribution in [3.05, 3.63) is 67.0 Å². The lowest BCUT2D eigenvalue weighted by atomic mass is 10.2. The number of azo groups is 1. The molecule has 6 heteroatoms. The maximum Gasteiger partial charge on any atom is 0.421 e. The van der Waals surface area contributed by atoms with Crippen LogP contribution in [0.5, 0.6) is 0 Å². The van der Waals surface area contributed by atoms with Gasteiger partial charge >= 0.3 is 5.95 Å². The molecule has 1 aliphatic heterocycles. The second-order valence-corrected chi connectivity index (χ2v) is 6.85. The van der Waals surface area contributed by atoms with Crippen LogP contribution >= 0.6 is 0 Å². The summed E-state index contributed by atoms with van der Waals surface area (Å²) in [7, 11) is 3.93. The first kappa shape index (κ1) is 17.3. The molecule has 2 aromatic carbocycles. The molecule has 0 spiro atoms. The molecule has 0 unspecified atom stereocenters. The van der Waals surface area contributed by atoms with Gasteiger partial charge in [-0.15, -0.1) is 0 Å². The number of hydrogen-bond acceptors (Lipinski definition) is 4. The maximum atomic E-state index is 4.36. The van der Waals surface area contributed by atoms with Crippen LogP contribution in [0.3, 0.4) is 0 Å². The molecule has 1 saturated heterocycles. The number of imidazole rings is 1. The molecule has 3 aromatic rings. The lowest BCUT2D eigenvalue weighted by molar-refractivity contribution is -0.657. The van der Waals surface area contributed by atoms with Crippen molar-refractivity contribution in [2.75, 3.05) is 36.0 Å². The fraction of sp³-hybridized carbons (Fsp3) is 0.286. The number of anilines is 2. The molecular weight excluding hydrogens is 336 g/mol. The minimum absolute atomic E-state index is 0.816. The molecule has 138 valence electrons. The third kappa shape index (κ3) is 3.84. The van der Waals surface area contributed by atoms with Crippen LogP contribution in [0.2, 0.25) is 0 Å². The van der Waals surface area contributed by atoms with Crippen molar-refractivity contribution >= 4 is 23.0 Å². The SMILES string of the molecule is Cn1cc[n+](C)c1N=Nc1ccc(N2CCN(c3ccccc3)CC2)cc1. The lowest BCUT2D eigenvalue weighted by Crippen LogP contribution is -2.46. The van der Waals surface area contributed by atoms with E-state index in [1.807, 2.05) is 47.8 Å². The Morgan fingerprint density at radius 1 is 0.778 bits per heavy atom. The number of nitrogens with zero attached hydrogens (tertiary/aromatic N) is 6. The molecule has 0 radical (unpaired) electrons. The average Bonchev–Trinajstić information content (AvgIpc) is 3.05. The molecule has 1 fully saturated rings. The first-order chi connectivity index (χ1) is 13.2. The van der Waals surface area contributed by atoms with E-state index in [1.54, 1.807) is 0 Å². The summed E-state index contributed by atoms with van der Waals surface area (Å²) < 4.78 is 3.90. The Morgan fingerprint density at radius 3 is 1.93 bits per heavy atom. The van der Waals surface area contributed by atoms with Gasteiger partial charge in [0.1, 0.15) is 5.69 Å². The van der Waals surface area contributed by atoms with E-state index in [1.165, 1.54) is 11.4 Å². The topological polar surface area (TPSA) is 40.0 Å². The third-order valence-electron chi connectivity index (χ3n) is 5.02. The van der Waals surface area contributed by atoms with Crippen LogP contribution in [0.4, 0.5) is 23.0 Å². The molecule has 2 heterocycles. The van der Waals surface area contributed by atoms with Crippen molar-refractivity contribution < 1.29 is 4.57 Å². The molecule has 27 heavy (non-hydrogen) atoms. The van der Waals surface area contributed by atoms with Crippen molar-refractivity contribution in [1.82, 2.24) is 4.57 Å². The summed E-state index contributed by atoms with van der Waals surface area (Å²) in [6, 6.07) is 19.0. The van der Waals surface area contributed by atoms with Crippen LogP contribution < -0.4 is 14.4 Å². The monoisotopic (exact) mass is 361 g/mol. The molecule has 0 atom stereocenters. The van der Waals surface area contributed by atoms with Crippen LogP contribution in [0.15, 0.2) is 77.2 Å². The highest BCUT2D eigenvalue weighted by molar-refractivity contribution is 5.55. The van der Waals surface area contributed by atoms with Crippen LogP contribution in [-0.2, 0) is 14.1 Å². The number of aryl methyl sites for hydroxylation is 2. The summed E-state index contributed by atoms with van der Waals surface area (Å²) in [5.41, 5.74) is 3.41. The molecule has 1 aromatic heterocycles. The summed E-state index contributed by atoms with van der Waals surface area (Å²) in [6.45, 7) is 4.12. The molecule has 0 N–H and O–H groups in total. The van der Waals surface area contributed by atoms with Gasteiger partial charge in [0.2, 0.25) is 0 Å². The Labute approximate surface area is 160 Å². The van der Waals surface area contributed by atoms with E-state index in [4.69, 9.17) is 0 Å². The second-order valence-electron chi connectivity index (χ2n) is 6.85. The normalized spacial score (nSPS) is 14.9. The van der Waals surface area contributed by atoms with Gasteiger partial charge in [0.05, 0.1) is 26.5 Å². The van der Waals surface area contributed by atoms with Crippen molar-refractivity contribution in [3.8, 4) is 0 Å². The van der Waals surface area contributed by atoms with Gasteiger partial charge in [-0.25, -0.2) is 9.13 Å². The Bertz CT molecular complexity index is 886. The summed E-state index contributed by atoms with van der Waals surface area (Å²) in [5, 5.41) is 8.72. The quantitative estimate of drug-likeness (QED) is 0.526.